The number of nitrogen functional groups attached to an aromatic ring is 1. The van der Waals surface area contributed by atoms with Gasteiger partial charge >= 0.3 is 0 Å². The molecule has 0 aliphatic carbocycles. The van der Waals surface area contributed by atoms with E-state index >= 15 is 0 Å². The first-order valence-electron chi connectivity index (χ1n) is 9.64. The van der Waals surface area contributed by atoms with Crippen LogP contribution in [-0.2, 0) is 6.54 Å². The normalized spacial score (nSPS) is 11.3. The van der Waals surface area contributed by atoms with Gasteiger partial charge < -0.3 is 10.3 Å². The van der Waals surface area contributed by atoms with E-state index in [1.807, 2.05) is 6.07 Å². The molecule has 3 aromatic carbocycles. The molecule has 28 heavy (non-hydrogen) atoms. The van der Waals surface area contributed by atoms with Crippen LogP contribution in [0, 0.1) is 0 Å². The number of fused-ring (bicyclic) bond motifs is 3. The first-order chi connectivity index (χ1) is 13.8. The second-order valence-corrected chi connectivity index (χ2v) is 7.06. The smallest absolute Gasteiger partial charge is 0.220 e. The maximum atomic E-state index is 6.18. The fourth-order valence-electron chi connectivity index (χ4n) is 4.13. The van der Waals surface area contributed by atoms with Gasteiger partial charge in [0.15, 0.2) is 0 Å². The minimum Gasteiger partial charge on any atom is -0.399 e. The Bertz CT molecular complexity index is 1290. The lowest BCUT2D eigenvalue weighted by atomic mass is 9.98. The molecule has 0 fully saturated rings. The summed E-state index contributed by atoms with van der Waals surface area (Å²) in [7, 11) is 0. The van der Waals surface area contributed by atoms with Gasteiger partial charge in [0.2, 0.25) is 11.2 Å². The third-order valence-electron chi connectivity index (χ3n) is 5.40. The molecule has 5 rings (SSSR count). The van der Waals surface area contributed by atoms with Crippen LogP contribution in [0.1, 0.15) is 6.92 Å². The molecule has 0 bridgehead atoms. The Hall–Kier alpha value is -3.59. The third kappa shape index (κ3) is 2.55. The number of nitrogens with two attached hydrogens (primary N) is 1. The summed E-state index contributed by atoms with van der Waals surface area (Å²) in [5, 5.41) is 3.66. The molecule has 0 spiro atoms. The first-order valence-corrected chi connectivity index (χ1v) is 9.64. The van der Waals surface area contributed by atoms with E-state index in [0.717, 1.165) is 17.9 Å². The number of aromatic nitrogens is 2. The highest BCUT2D eigenvalue weighted by Gasteiger charge is 2.22. The summed E-state index contributed by atoms with van der Waals surface area (Å²) in [6.45, 7) is 3.08. The standard InChI is InChI=1S/C25H22N3/c1-2-28-24-17-20(27-14-6-7-15-27)11-13-22(24)21-12-10-19(26)16-23(21)25(28)18-8-4-3-5-9-18/h3-17H,2,26H2,1H3/q+1. The zero-order chi connectivity index (χ0) is 19.1. The number of rotatable bonds is 3. The van der Waals surface area contributed by atoms with Crippen molar-refractivity contribution < 1.29 is 4.57 Å². The Morgan fingerprint density at radius 2 is 1.54 bits per heavy atom. The third-order valence-corrected chi connectivity index (χ3v) is 5.40. The van der Waals surface area contributed by atoms with Crippen molar-refractivity contribution in [2.75, 3.05) is 5.73 Å². The summed E-state index contributed by atoms with van der Waals surface area (Å²) in [6.07, 6.45) is 4.16. The molecule has 2 heterocycles. The Balaban J connectivity index is 1.95. The summed E-state index contributed by atoms with van der Waals surface area (Å²) in [6, 6.07) is 27.6. The van der Waals surface area contributed by atoms with E-state index in [9.17, 15) is 0 Å². The van der Waals surface area contributed by atoms with Gasteiger partial charge in [0.25, 0.3) is 0 Å². The Labute approximate surface area is 164 Å². The van der Waals surface area contributed by atoms with Crippen molar-refractivity contribution in [3.8, 4) is 16.9 Å². The number of aryl methyl sites for hydroxylation is 1. The molecule has 0 amide bonds. The molecular weight excluding hydrogens is 342 g/mol. The van der Waals surface area contributed by atoms with E-state index < -0.39 is 0 Å². The van der Waals surface area contributed by atoms with Gasteiger partial charge in [-0.25, -0.2) is 0 Å². The molecule has 3 heteroatoms. The maximum Gasteiger partial charge on any atom is 0.220 e. The molecule has 0 aliphatic rings. The molecule has 0 radical (unpaired) electrons. The Kier molecular flexibility index (Phi) is 3.87. The molecular formula is C25H22N3+. The fourth-order valence-corrected chi connectivity index (χ4v) is 4.13. The molecule has 0 saturated heterocycles. The number of anilines is 1. The quantitative estimate of drug-likeness (QED) is 0.262. The maximum absolute atomic E-state index is 6.18. The van der Waals surface area contributed by atoms with E-state index in [1.165, 1.54) is 32.9 Å². The van der Waals surface area contributed by atoms with E-state index in [4.69, 9.17) is 5.73 Å². The summed E-state index contributed by atoms with van der Waals surface area (Å²) in [5.41, 5.74) is 11.8. The van der Waals surface area contributed by atoms with Gasteiger partial charge in [-0.2, -0.15) is 4.57 Å². The molecule has 0 atom stereocenters. The van der Waals surface area contributed by atoms with E-state index in [-0.39, 0.29) is 0 Å². The lowest BCUT2D eigenvalue weighted by Crippen LogP contribution is -2.36. The number of nitrogens with zero attached hydrogens (tertiary/aromatic N) is 2. The van der Waals surface area contributed by atoms with Crippen LogP contribution in [0.5, 0.6) is 0 Å². The van der Waals surface area contributed by atoms with Crippen LogP contribution in [0.2, 0.25) is 0 Å². The largest absolute Gasteiger partial charge is 0.399 e. The van der Waals surface area contributed by atoms with Gasteiger partial charge in [-0.1, -0.05) is 24.3 Å². The van der Waals surface area contributed by atoms with Crippen LogP contribution in [-0.4, -0.2) is 4.57 Å². The van der Waals surface area contributed by atoms with E-state index in [1.54, 1.807) is 0 Å². The molecule has 0 aliphatic heterocycles. The topological polar surface area (TPSA) is 34.8 Å². The predicted molar refractivity (Wildman–Crippen MR) is 116 cm³/mol. The Morgan fingerprint density at radius 3 is 2.29 bits per heavy atom. The van der Waals surface area contributed by atoms with E-state index in [0.29, 0.717) is 0 Å². The minimum atomic E-state index is 0.788. The predicted octanol–water partition coefficient (Wildman–Crippen LogP) is 5.34. The highest BCUT2D eigenvalue weighted by molar-refractivity contribution is 6.10. The number of hydrogen-bond donors (Lipinski definition) is 1. The summed E-state index contributed by atoms with van der Waals surface area (Å²) in [5.74, 6) is 0. The average molecular weight is 364 g/mol. The van der Waals surface area contributed by atoms with Crippen molar-refractivity contribution >= 4 is 27.4 Å². The molecule has 2 N–H and O–H groups in total. The number of hydrogen-bond acceptors (Lipinski definition) is 1. The van der Waals surface area contributed by atoms with Crippen LogP contribution in [0.4, 0.5) is 5.69 Å². The molecule has 136 valence electrons. The van der Waals surface area contributed by atoms with Crippen LogP contribution in [0.3, 0.4) is 0 Å². The van der Waals surface area contributed by atoms with Crippen molar-refractivity contribution in [3.63, 3.8) is 0 Å². The Morgan fingerprint density at radius 1 is 0.786 bits per heavy atom. The van der Waals surface area contributed by atoms with Crippen LogP contribution < -0.4 is 10.3 Å². The highest BCUT2D eigenvalue weighted by Crippen LogP contribution is 2.33. The second-order valence-electron chi connectivity index (χ2n) is 7.06. The van der Waals surface area contributed by atoms with Crippen molar-refractivity contribution in [2.24, 2.45) is 0 Å². The zero-order valence-electron chi connectivity index (χ0n) is 15.8. The molecule has 0 unspecified atom stereocenters. The lowest BCUT2D eigenvalue weighted by Gasteiger charge is -2.13. The van der Waals surface area contributed by atoms with Crippen LogP contribution in [0.25, 0.3) is 38.6 Å². The van der Waals surface area contributed by atoms with Crippen molar-refractivity contribution in [1.82, 2.24) is 4.57 Å². The SMILES string of the molecule is CC[n+]1c(-c2ccccc2)c2cc(N)ccc2c2ccc(-n3cccc3)cc21. The van der Waals surface area contributed by atoms with Crippen LogP contribution in [0.15, 0.2) is 91.3 Å². The zero-order valence-corrected chi connectivity index (χ0v) is 15.8. The van der Waals surface area contributed by atoms with Gasteiger partial charge in [0.05, 0.1) is 16.5 Å². The van der Waals surface area contributed by atoms with Crippen LogP contribution >= 0.6 is 0 Å². The van der Waals surface area contributed by atoms with Gasteiger partial charge in [0.1, 0.15) is 6.54 Å². The van der Waals surface area contributed by atoms with Gasteiger partial charge in [-0.15, -0.1) is 0 Å². The number of pyridine rings is 1. The number of benzene rings is 3. The first kappa shape index (κ1) is 16.6. The van der Waals surface area contributed by atoms with Gasteiger partial charge in [-0.3, -0.25) is 0 Å². The lowest BCUT2D eigenvalue weighted by molar-refractivity contribution is -0.655. The van der Waals surface area contributed by atoms with Gasteiger partial charge in [-0.05, 0) is 55.5 Å². The molecule has 2 aromatic heterocycles. The highest BCUT2D eigenvalue weighted by atomic mass is 15.0. The monoisotopic (exact) mass is 364 g/mol. The average Bonchev–Trinajstić information content (AvgIpc) is 3.27. The summed E-state index contributed by atoms with van der Waals surface area (Å²) >= 11 is 0. The van der Waals surface area contributed by atoms with Crippen molar-refractivity contribution in [1.29, 1.82) is 0 Å². The molecule has 5 aromatic rings. The van der Waals surface area contributed by atoms with Gasteiger partial charge in [0, 0.05) is 35.1 Å². The minimum absolute atomic E-state index is 0.788. The summed E-state index contributed by atoms with van der Waals surface area (Å²) in [4.78, 5) is 0. The fraction of sp³-hybridized carbons (Fsp3) is 0.0800. The second kappa shape index (κ2) is 6.54. The van der Waals surface area contributed by atoms with E-state index in [2.05, 4.69) is 101 Å². The van der Waals surface area contributed by atoms with Crippen molar-refractivity contribution in [2.45, 2.75) is 13.5 Å². The molecule has 0 saturated carbocycles. The molecule has 3 nitrogen and oxygen atoms in total. The van der Waals surface area contributed by atoms with Crippen molar-refractivity contribution in [3.05, 3.63) is 91.3 Å². The summed E-state index contributed by atoms with van der Waals surface area (Å²) < 4.78 is 4.55.